The molecule has 19 heavy (non-hydrogen) atoms. The van der Waals surface area contributed by atoms with Gasteiger partial charge in [-0.2, -0.15) is 0 Å². The van der Waals surface area contributed by atoms with Crippen LogP contribution in [0.15, 0.2) is 30.3 Å². The van der Waals surface area contributed by atoms with E-state index in [1.165, 1.54) is 24.8 Å². The zero-order valence-corrected chi connectivity index (χ0v) is 11.4. The van der Waals surface area contributed by atoms with Crippen molar-refractivity contribution in [2.24, 2.45) is 5.92 Å². The Bertz CT molecular complexity index is 422. The van der Waals surface area contributed by atoms with E-state index in [1.54, 1.807) is 0 Å². The van der Waals surface area contributed by atoms with E-state index in [4.69, 9.17) is 0 Å². The minimum absolute atomic E-state index is 0.297. The smallest absolute Gasteiger partial charge is 0.240 e. The number of carbonyl (C=O) groups is 1. The van der Waals surface area contributed by atoms with Gasteiger partial charge in [0.05, 0.1) is 6.54 Å². The lowest BCUT2D eigenvalue weighted by Gasteiger charge is -2.37. The Morgan fingerprint density at radius 3 is 2.42 bits per heavy atom. The van der Waals surface area contributed by atoms with Crippen LogP contribution in [0.1, 0.15) is 37.7 Å². The lowest BCUT2D eigenvalue weighted by Crippen LogP contribution is -2.49. The number of rotatable bonds is 4. The average Bonchev–Trinajstić information content (AvgIpc) is 3.31. The third kappa shape index (κ3) is 3.16. The number of amides is 1. The number of hydrogen-bond donors (Lipinski definition) is 0. The molecule has 3 rings (SSSR count). The minimum atomic E-state index is 0.297. The number of carbonyl (C=O) groups excluding carboxylic acids is 1. The largest absolute Gasteiger partial charge is 0.273 e. The topological polar surface area (TPSA) is 23.6 Å². The summed E-state index contributed by atoms with van der Waals surface area (Å²) in [7, 11) is 0. The van der Waals surface area contributed by atoms with Crippen LogP contribution in [0, 0.1) is 5.92 Å². The van der Waals surface area contributed by atoms with Crippen LogP contribution >= 0.6 is 0 Å². The molecular formula is C16H22N2O. The zero-order chi connectivity index (χ0) is 13.1. The molecular weight excluding hydrogens is 236 g/mol. The molecule has 0 spiro atoms. The summed E-state index contributed by atoms with van der Waals surface area (Å²) in [5, 5.41) is 4.29. The second kappa shape index (κ2) is 5.74. The zero-order valence-electron chi connectivity index (χ0n) is 11.4. The van der Waals surface area contributed by atoms with E-state index < -0.39 is 0 Å². The SMILES string of the molecule is O=C(C1CC1)N(Cc1ccccc1)N1CCCCC1. The van der Waals surface area contributed by atoms with Crippen LogP contribution in [0.5, 0.6) is 0 Å². The van der Waals surface area contributed by atoms with Crippen molar-refractivity contribution in [3.8, 4) is 0 Å². The van der Waals surface area contributed by atoms with E-state index in [9.17, 15) is 4.79 Å². The number of benzene rings is 1. The van der Waals surface area contributed by atoms with Crippen LogP contribution in [0.3, 0.4) is 0 Å². The van der Waals surface area contributed by atoms with E-state index in [0.717, 1.165) is 32.5 Å². The summed E-state index contributed by atoms with van der Waals surface area (Å²) in [6.07, 6.45) is 5.88. The third-order valence-corrected chi connectivity index (χ3v) is 4.03. The van der Waals surface area contributed by atoms with Gasteiger partial charge < -0.3 is 0 Å². The van der Waals surface area contributed by atoms with Crippen molar-refractivity contribution in [2.75, 3.05) is 13.1 Å². The molecule has 1 saturated heterocycles. The highest BCUT2D eigenvalue weighted by Crippen LogP contribution is 2.32. The van der Waals surface area contributed by atoms with Gasteiger partial charge in [0.1, 0.15) is 0 Å². The Morgan fingerprint density at radius 2 is 1.79 bits per heavy atom. The fourth-order valence-corrected chi connectivity index (χ4v) is 2.73. The molecule has 2 aliphatic rings. The van der Waals surface area contributed by atoms with Gasteiger partial charge in [-0.05, 0) is 31.2 Å². The molecule has 1 amide bonds. The van der Waals surface area contributed by atoms with Crippen molar-refractivity contribution < 1.29 is 4.79 Å². The predicted molar refractivity (Wildman–Crippen MR) is 75.1 cm³/mol. The van der Waals surface area contributed by atoms with E-state index in [0.29, 0.717) is 11.8 Å². The van der Waals surface area contributed by atoms with Crippen molar-refractivity contribution in [1.29, 1.82) is 0 Å². The van der Waals surface area contributed by atoms with Gasteiger partial charge in [0.2, 0.25) is 5.91 Å². The van der Waals surface area contributed by atoms with Gasteiger partial charge in [-0.25, -0.2) is 5.01 Å². The van der Waals surface area contributed by atoms with Gasteiger partial charge in [-0.3, -0.25) is 9.80 Å². The standard InChI is InChI=1S/C16H22N2O/c19-16(15-9-10-15)18(17-11-5-2-6-12-17)13-14-7-3-1-4-8-14/h1,3-4,7-8,15H,2,5-6,9-13H2. The highest BCUT2D eigenvalue weighted by molar-refractivity contribution is 5.80. The molecule has 1 aliphatic heterocycles. The maximum absolute atomic E-state index is 12.5. The Kier molecular flexibility index (Phi) is 3.83. The van der Waals surface area contributed by atoms with Crippen molar-refractivity contribution in [3.05, 3.63) is 35.9 Å². The van der Waals surface area contributed by atoms with Crippen LogP contribution in [0.25, 0.3) is 0 Å². The highest BCUT2D eigenvalue weighted by Gasteiger charge is 2.36. The summed E-state index contributed by atoms with van der Waals surface area (Å²) < 4.78 is 0. The molecule has 0 aromatic heterocycles. The van der Waals surface area contributed by atoms with Gasteiger partial charge in [0.25, 0.3) is 0 Å². The Hall–Kier alpha value is -1.35. The monoisotopic (exact) mass is 258 g/mol. The molecule has 0 radical (unpaired) electrons. The first-order valence-corrected chi connectivity index (χ1v) is 7.45. The summed E-state index contributed by atoms with van der Waals surface area (Å²) in [5.41, 5.74) is 1.22. The number of nitrogens with zero attached hydrogens (tertiary/aromatic N) is 2. The Balaban J connectivity index is 1.73. The molecule has 1 heterocycles. The second-order valence-electron chi connectivity index (χ2n) is 5.67. The van der Waals surface area contributed by atoms with E-state index in [1.807, 2.05) is 23.2 Å². The van der Waals surface area contributed by atoms with Gasteiger partial charge in [0, 0.05) is 19.0 Å². The quantitative estimate of drug-likeness (QED) is 0.829. The summed E-state index contributed by atoms with van der Waals surface area (Å²) in [5.74, 6) is 0.636. The molecule has 0 unspecified atom stereocenters. The minimum Gasteiger partial charge on any atom is -0.273 e. The highest BCUT2D eigenvalue weighted by atomic mass is 16.2. The third-order valence-electron chi connectivity index (χ3n) is 4.03. The molecule has 1 aliphatic carbocycles. The Labute approximate surface area is 115 Å². The van der Waals surface area contributed by atoms with Gasteiger partial charge in [0.15, 0.2) is 0 Å². The molecule has 102 valence electrons. The first kappa shape index (κ1) is 12.7. The van der Waals surface area contributed by atoms with Crippen LogP contribution < -0.4 is 0 Å². The van der Waals surface area contributed by atoms with Crippen molar-refractivity contribution in [1.82, 2.24) is 10.0 Å². The van der Waals surface area contributed by atoms with Crippen molar-refractivity contribution in [3.63, 3.8) is 0 Å². The fraction of sp³-hybridized carbons (Fsp3) is 0.562. The molecule has 2 fully saturated rings. The Morgan fingerprint density at radius 1 is 1.11 bits per heavy atom. The van der Waals surface area contributed by atoms with Crippen LogP contribution in [0.4, 0.5) is 0 Å². The van der Waals surface area contributed by atoms with E-state index >= 15 is 0 Å². The molecule has 0 bridgehead atoms. The average molecular weight is 258 g/mol. The molecule has 1 saturated carbocycles. The van der Waals surface area contributed by atoms with Crippen molar-refractivity contribution >= 4 is 5.91 Å². The normalized spacial score (nSPS) is 20.2. The lowest BCUT2D eigenvalue weighted by atomic mass is 10.1. The van der Waals surface area contributed by atoms with Crippen LogP contribution in [0.2, 0.25) is 0 Å². The van der Waals surface area contributed by atoms with Gasteiger partial charge in [-0.15, -0.1) is 0 Å². The maximum atomic E-state index is 12.5. The molecule has 0 atom stereocenters. The maximum Gasteiger partial charge on any atom is 0.240 e. The van der Waals surface area contributed by atoms with E-state index in [-0.39, 0.29) is 0 Å². The molecule has 0 N–H and O–H groups in total. The van der Waals surface area contributed by atoms with Gasteiger partial charge in [-0.1, -0.05) is 36.8 Å². The first-order chi connectivity index (χ1) is 9.34. The molecule has 3 nitrogen and oxygen atoms in total. The summed E-state index contributed by atoms with van der Waals surface area (Å²) in [6.45, 7) is 2.80. The number of hydrazine groups is 1. The van der Waals surface area contributed by atoms with Crippen LogP contribution in [-0.4, -0.2) is 29.0 Å². The summed E-state index contributed by atoms with van der Waals surface area (Å²) in [4.78, 5) is 12.5. The fourth-order valence-electron chi connectivity index (χ4n) is 2.73. The second-order valence-corrected chi connectivity index (χ2v) is 5.67. The summed E-state index contributed by atoms with van der Waals surface area (Å²) >= 11 is 0. The number of hydrogen-bond acceptors (Lipinski definition) is 2. The van der Waals surface area contributed by atoms with Gasteiger partial charge >= 0.3 is 0 Å². The first-order valence-electron chi connectivity index (χ1n) is 7.45. The molecule has 1 aromatic carbocycles. The lowest BCUT2D eigenvalue weighted by molar-refractivity contribution is -0.154. The van der Waals surface area contributed by atoms with Crippen LogP contribution in [-0.2, 0) is 11.3 Å². The van der Waals surface area contributed by atoms with Crippen molar-refractivity contribution in [2.45, 2.75) is 38.6 Å². The molecule has 3 heteroatoms. The predicted octanol–water partition coefficient (Wildman–Crippen LogP) is 2.83. The summed E-state index contributed by atoms with van der Waals surface area (Å²) in [6, 6.07) is 10.3. The van der Waals surface area contributed by atoms with E-state index in [2.05, 4.69) is 17.1 Å². The molecule has 1 aromatic rings. The number of piperidine rings is 1.